The Bertz CT molecular complexity index is 1190. The number of thiophene rings is 1. The van der Waals surface area contributed by atoms with Crippen LogP contribution in [0.5, 0.6) is 0 Å². The monoisotopic (exact) mass is 473 g/mol. The lowest BCUT2D eigenvalue weighted by Crippen LogP contribution is -2.30. The highest BCUT2D eigenvalue weighted by molar-refractivity contribution is 7.22. The van der Waals surface area contributed by atoms with Gasteiger partial charge < -0.3 is 5.32 Å². The van der Waals surface area contributed by atoms with Crippen molar-refractivity contribution in [1.29, 1.82) is 0 Å². The molecule has 0 spiro atoms. The zero-order valence-electron chi connectivity index (χ0n) is 17.4. The summed E-state index contributed by atoms with van der Waals surface area (Å²) in [7, 11) is 1.81. The molecule has 31 heavy (non-hydrogen) atoms. The molecule has 6 nitrogen and oxygen atoms in total. The van der Waals surface area contributed by atoms with Crippen LogP contribution in [-0.4, -0.2) is 38.7 Å². The lowest BCUT2D eigenvalue weighted by Gasteiger charge is -2.26. The van der Waals surface area contributed by atoms with Crippen molar-refractivity contribution in [1.82, 2.24) is 19.7 Å². The molecule has 9 heteroatoms. The van der Waals surface area contributed by atoms with Crippen LogP contribution in [0, 0.1) is 0 Å². The molecule has 1 aromatic carbocycles. The van der Waals surface area contributed by atoms with Gasteiger partial charge in [0.05, 0.1) is 10.2 Å². The summed E-state index contributed by atoms with van der Waals surface area (Å²) in [5.74, 6) is -0.179. The molecule has 162 valence electrons. The number of hydrogen-bond acceptors (Lipinski definition) is 6. The second kappa shape index (κ2) is 9.08. The quantitative estimate of drug-likeness (QED) is 0.432. The number of hydrogen-bond donors (Lipinski definition) is 1. The number of aryl methyl sites for hydroxylation is 1. The van der Waals surface area contributed by atoms with Crippen LogP contribution in [0.15, 0.2) is 36.5 Å². The smallest absolute Gasteiger partial charge is 0.276 e. The summed E-state index contributed by atoms with van der Waals surface area (Å²) in [5, 5.41) is 9.25. The average Bonchev–Trinajstić information content (AvgIpc) is 3.43. The van der Waals surface area contributed by atoms with Gasteiger partial charge in [-0.05, 0) is 43.1 Å². The van der Waals surface area contributed by atoms with Crippen LogP contribution in [-0.2, 0) is 20.0 Å². The summed E-state index contributed by atoms with van der Waals surface area (Å²) in [6.45, 7) is 5.30. The molecule has 3 aromatic heterocycles. The lowest BCUT2D eigenvalue weighted by atomic mass is 10.0. The number of rotatable bonds is 5. The topological polar surface area (TPSA) is 63.1 Å². The van der Waals surface area contributed by atoms with E-state index in [2.05, 4.69) is 28.3 Å². The largest absolute Gasteiger partial charge is 0.312 e. The Morgan fingerprint density at radius 3 is 2.81 bits per heavy atom. The Balaban J connectivity index is 0.00000231. The third-order valence-electron chi connectivity index (χ3n) is 5.36. The van der Waals surface area contributed by atoms with Crippen LogP contribution >= 0.6 is 35.1 Å². The van der Waals surface area contributed by atoms with Gasteiger partial charge in [-0.25, -0.2) is 4.98 Å². The molecular formula is C22H24ClN5OS2. The maximum atomic E-state index is 12.9. The average molecular weight is 474 g/mol. The number of para-hydroxylation sites is 1. The molecule has 0 fully saturated rings. The third kappa shape index (κ3) is 4.25. The van der Waals surface area contributed by atoms with E-state index in [9.17, 15) is 4.79 Å². The Labute approximate surface area is 195 Å². The van der Waals surface area contributed by atoms with Crippen molar-refractivity contribution in [3.63, 3.8) is 0 Å². The van der Waals surface area contributed by atoms with E-state index >= 15 is 0 Å². The number of aromatic nitrogens is 3. The van der Waals surface area contributed by atoms with Crippen molar-refractivity contribution in [2.75, 3.05) is 18.4 Å². The van der Waals surface area contributed by atoms with Gasteiger partial charge in [0.2, 0.25) is 0 Å². The summed E-state index contributed by atoms with van der Waals surface area (Å²) >= 11 is 3.38. The molecule has 0 saturated heterocycles. The minimum absolute atomic E-state index is 0. The molecular weight excluding hydrogens is 450 g/mol. The molecule has 0 unspecified atom stereocenters. The van der Waals surface area contributed by atoms with Gasteiger partial charge in [0.15, 0.2) is 5.69 Å². The van der Waals surface area contributed by atoms with Crippen LogP contribution < -0.4 is 5.32 Å². The minimum atomic E-state index is -0.179. The first-order valence-electron chi connectivity index (χ1n) is 10.2. The lowest BCUT2D eigenvalue weighted by molar-refractivity contribution is 0.102. The standard InChI is InChI=1S/C22H23N5OS2.ClH/c1-3-10-27-12-8-14-18(13-27)30-22(24-20(28)16-9-11-26(2)25-16)19(14)21-23-15-6-4-5-7-17(15)29-21;/h4-7,9,11H,3,8,10,12-13H2,1-2H3,(H,24,28);1H. The van der Waals surface area contributed by atoms with Crippen molar-refractivity contribution in [2.24, 2.45) is 7.05 Å². The SMILES string of the molecule is CCCN1CCc2c(sc(NC(=O)c3ccn(C)n3)c2-c2nc3ccccc3s2)C1.Cl. The molecule has 5 rings (SSSR count). The number of carbonyl (C=O) groups is 1. The molecule has 1 N–H and O–H groups in total. The molecule has 0 saturated carbocycles. The summed E-state index contributed by atoms with van der Waals surface area (Å²) in [6.07, 6.45) is 3.91. The van der Waals surface area contributed by atoms with Crippen molar-refractivity contribution >= 4 is 56.2 Å². The summed E-state index contributed by atoms with van der Waals surface area (Å²) < 4.78 is 2.81. The molecule has 0 atom stereocenters. The molecule has 1 amide bonds. The number of nitrogens with one attached hydrogen (secondary N) is 1. The molecule has 0 aliphatic carbocycles. The highest BCUT2D eigenvalue weighted by Gasteiger charge is 2.28. The van der Waals surface area contributed by atoms with E-state index in [1.807, 2.05) is 25.2 Å². The Hall–Kier alpha value is -2.26. The third-order valence-corrected chi connectivity index (χ3v) is 7.54. The van der Waals surface area contributed by atoms with Crippen LogP contribution in [0.4, 0.5) is 5.00 Å². The first kappa shape index (κ1) is 22.0. The van der Waals surface area contributed by atoms with E-state index < -0.39 is 0 Å². The molecule has 1 aliphatic rings. The van der Waals surface area contributed by atoms with Gasteiger partial charge in [0.25, 0.3) is 5.91 Å². The zero-order valence-corrected chi connectivity index (χ0v) is 19.9. The van der Waals surface area contributed by atoms with E-state index in [4.69, 9.17) is 4.98 Å². The highest BCUT2D eigenvalue weighted by atomic mass is 35.5. The van der Waals surface area contributed by atoms with Crippen LogP contribution in [0.3, 0.4) is 0 Å². The van der Waals surface area contributed by atoms with Gasteiger partial charge in [0.1, 0.15) is 10.0 Å². The fourth-order valence-electron chi connectivity index (χ4n) is 3.96. The van der Waals surface area contributed by atoms with Gasteiger partial charge >= 0.3 is 0 Å². The van der Waals surface area contributed by atoms with Crippen molar-refractivity contribution in [3.05, 3.63) is 52.7 Å². The Morgan fingerprint density at radius 2 is 2.06 bits per heavy atom. The summed E-state index contributed by atoms with van der Waals surface area (Å²) in [6, 6.07) is 9.94. The molecule has 4 heterocycles. The molecule has 1 aliphatic heterocycles. The van der Waals surface area contributed by atoms with Crippen molar-refractivity contribution in [3.8, 4) is 10.6 Å². The number of nitrogens with zero attached hydrogens (tertiary/aromatic N) is 4. The van der Waals surface area contributed by atoms with Gasteiger partial charge in [0, 0.05) is 36.8 Å². The predicted octanol–water partition coefficient (Wildman–Crippen LogP) is 5.20. The van der Waals surface area contributed by atoms with E-state index in [0.29, 0.717) is 5.69 Å². The number of thiazole rings is 1. The van der Waals surface area contributed by atoms with E-state index in [-0.39, 0.29) is 18.3 Å². The van der Waals surface area contributed by atoms with Crippen LogP contribution in [0.2, 0.25) is 0 Å². The van der Waals surface area contributed by atoms with Gasteiger partial charge in [-0.2, -0.15) is 5.10 Å². The number of halogens is 1. The van der Waals surface area contributed by atoms with E-state index in [1.54, 1.807) is 39.6 Å². The predicted molar refractivity (Wildman–Crippen MR) is 131 cm³/mol. The summed E-state index contributed by atoms with van der Waals surface area (Å²) in [4.78, 5) is 21.6. The number of fused-ring (bicyclic) bond motifs is 2. The summed E-state index contributed by atoms with van der Waals surface area (Å²) in [5.41, 5.74) is 3.86. The van der Waals surface area contributed by atoms with Crippen LogP contribution in [0.25, 0.3) is 20.8 Å². The Morgan fingerprint density at radius 1 is 1.23 bits per heavy atom. The highest BCUT2D eigenvalue weighted by Crippen LogP contribution is 2.45. The van der Waals surface area contributed by atoms with E-state index in [1.165, 1.54) is 10.4 Å². The van der Waals surface area contributed by atoms with Crippen molar-refractivity contribution in [2.45, 2.75) is 26.3 Å². The van der Waals surface area contributed by atoms with Crippen molar-refractivity contribution < 1.29 is 4.79 Å². The molecule has 0 radical (unpaired) electrons. The maximum absolute atomic E-state index is 12.9. The first-order valence-corrected chi connectivity index (χ1v) is 11.8. The molecule has 0 bridgehead atoms. The number of carbonyl (C=O) groups excluding carboxylic acids is 1. The number of amides is 1. The van der Waals surface area contributed by atoms with Gasteiger partial charge in [-0.15, -0.1) is 35.1 Å². The van der Waals surface area contributed by atoms with E-state index in [0.717, 1.165) is 58.3 Å². The fraction of sp³-hybridized carbons (Fsp3) is 0.318. The number of benzene rings is 1. The first-order chi connectivity index (χ1) is 14.6. The fourth-order valence-corrected chi connectivity index (χ4v) is 6.36. The Kier molecular flexibility index (Phi) is 6.43. The minimum Gasteiger partial charge on any atom is -0.312 e. The van der Waals surface area contributed by atoms with Gasteiger partial charge in [-0.1, -0.05) is 19.1 Å². The number of anilines is 1. The van der Waals surface area contributed by atoms with Crippen LogP contribution in [0.1, 0.15) is 34.3 Å². The second-order valence-electron chi connectivity index (χ2n) is 7.55. The molecule has 4 aromatic rings. The normalized spacial score (nSPS) is 13.7. The van der Waals surface area contributed by atoms with Gasteiger partial charge in [-0.3, -0.25) is 14.4 Å². The second-order valence-corrected chi connectivity index (χ2v) is 9.69. The maximum Gasteiger partial charge on any atom is 0.276 e. The zero-order chi connectivity index (χ0) is 20.7.